The van der Waals surface area contributed by atoms with Gasteiger partial charge in [0.2, 0.25) is 0 Å². The lowest BCUT2D eigenvalue weighted by molar-refractivity contribution is 0.690. The van der Waals surface area contributed by atoms with Gasteiger partial charge >= 0.3 is 0 Å². The zero-order valence-corrected chi connectivity index (χ0v) is 13.0. The average molecular weight is 299 g/mol. The summed E-state index contributed by atoms with van der Waals surface area (Å²) in [6, 6.07) is 11.6. The zero-order chi connectivity index (χ0) is 14.1. The van der Waals surface area contributed by atoms with Crippen LogP contribution in [0.5, 0.6) is 0 Å². The summed E-state index contributed by atoms with van der Waals surface area (Å²) < 4.78 is 0. The molecule has 3 nitrogen and oxygen atoms in total. The van der Waals surface area contributed by atoms with Gasteiger partial charge < -0.3 is 10.2 Å². The van der Waals surface area contributed by atoms with Crippen molar-refractivity contribution < 1.29 is 0 Å². The van der Waals surface area contributed by atoms with Gasteiger partial charge in [-0.3, -0.25) is 0 Å². The first-order chi connectivity index (χ1) is 10.4. The van der Waals surface area contributed by atoms with Crippen LogP contribution in [0.1, 0.15) is 18.4 Å². The molecule has 110 valence electrons. The Balaban J connectivity index is 1.69. The molecule has 0 unspecified atom stereocenters. The van der Waals surface area contributed by atoms with Gasteiger partial charge in [-0.25, -0.2) is 4.98 Å². The summed E-state index contributed by atoms with van der Waals surface area (Å²) in [6.45, 7) is 3.19. The van der Waals surface area contributed by atoms with Gasteiger partial charge in [-0.15, -0.1) is 0 Å². The van der Waals surface area contributed by atoms with Crippen LogP contribution in [-0.2, 0) is 6.54 Å². The van der Waals surface area contributed by atoms with Gasteiger partial charge in [0.25, 0.3) is 0 Å². The number of rotatable bonds is 4. The van der Waals surface area contributed by atoms with Crippen molar-refractivity contribution in [2.24, 2.45) is 0 Å². The molecule has 1 aliphatic heterocycles. The van der Waals surface area contributed by atoms with Crippen LogP contribution in [0.25, 0.3) is 10.9 Å². The van der Waals surface area contributed by atoms with Crippen LogP contribution in [0.3, 0.4) is 0 Å². The van der Waals surface area contributed by atoms with Gasteiger partial charge in [0.15, 0.2) is 0 Å². The van der Waals surface area contributed by atoms with Crippen molar-refractivity contribution in [1.29, 1.82) is 0 Å². The number of hydrogen-bond donors (Lipinski definition) is 1. The number of nitrogens with one attached hydrogen (secondary N) is 1. The summed E-state index contributed by atoms with van der Waals surface area (Å²) in [4.78, 5) is 7.33. The number of para-hydroxylation sites is 1. The number of fused-ring (bicyclic) bond motifs is 1. The summed E-state index contributed by atoms with van der Waals surface area (Å²) in [5, 5.41) is 4.94. The van der Waals surface area contributed by atoms with E-state index in [2.05, 4.69) is 40.5 Å². The molecule has 1 N–H and O–H groups in total. The molecule has 1 aromatic carbocycles. The molecule has 0 radical (unpaired) electrons. The molecule has 0 bridgehead atoms. The minimum absolute atomic E-state index is 0.742. The maximum absolute atomic E-state index is 4.89. The van der Waals surface area contributed by atoms with Crippen LogP contribution in [0.4, 0.5) is 5.82 Å². The Kier molecular flexibility index (Phi) is 3.74. The molecule has 1 aliphatic carbocycles. The summed E-state index contributed by atoms with van der Waals surface area (Å²) >= 11 is 2.04. The molecule has 0 atom stereocenters. The van der Waals surface area contributed by atoms with Crippen LogP contribution in [0.15, 0.2) is 30.3 Å². The second-order valence-corrected chi connectivity index (χ2v) is 7.14. The van der Waals surface area contributed by atoms with Crippen molar-refractivity contribution in [2.75, 3.05) is 29.5 Å². The molecule has 2 fully saturated rings. The van der Waals surface area contributed by atoms with Gasteiger partial charge in [-0.1, -0.05) is 18.2 Å². The van der Waals surface area contributed by atoms with Gasteiger partial charge in [-0.2, -0.15) is 11.8 Å². The van der Waals surface area contributed by atoms with Crippen molar-refractivity contribution >= 4 is 28.5 Å². The minimum atomic E-state index is 0.742. The molecular formula is C17H21N3S. The topological polar surface area (TPSA) is 28.2 Å². The fraction of sp³-hybridized carbons (Fsp3) is 0.471. The number of pyridine rings is 1. The third-order valence-corrected chi connectivity index (χ3v) is 5.22. The molecule has 4 rings (SSSR count). The average Bonchev–Trinajstić information content (AvgIpc) is 3.37. The van der Waals surface area contributed by atoms with Gasteiger partial charge in [-0.05, 0) is 30.5 Å². The van der Waals surface area contributed by atoms with Crippen molar-refractivity contribution in [2.45, 2.75) is 25.4 Å². The zero-order valence-electron chi connectivity index (χ0n) is 12.2. The van der Waals surface area contributed by atoms with Crippen LogP contribution in [0, 0.1) is 0 Å². The third-order valence-electron chi connectivity index (χ3n) is 4.28. The molecule has 2 aliphatic rings. The van der Waals surface area contributed by atoms with E-state index in [0.717, 1.165) is 37.0 Å². The molecule has 0 amide bonds. The van der Waals surface area contributed by atoms with E-state index in [9.17, 15) is 0 Å². The van der Waals surface area contributed by atoms with E-state index < -0.39 is 0 Å². The maximum Gasteiger partial charge on any atom is 0.129 e. The van der Waals surface area contributed by atoms with Crippen LogP contribution in [-0.4, -0.2) is 35.6 Å². The molecule has 2 aromatic rings. The second-order valence-electron chi connectivity index (χ2n) is 5.91. The lowest BCUT2D eigenvalue weighted by Gasteiger charge is -2.28. The second kappa shape index (κ2) is 5.85. The van der Waals surface area contributed by atoms with E-state index in [0.29, 0.717) is 0 Å². The van der Waals surface area contributed by atoms with Crippen molar-refractivity contribution in [3.05, 3.63) is 35.9 Å². The Morgan fingerprint density at radius 3 is 2.81 bits per heavy atom. The normalized spacial score (nSPS) is 19.1. The largest absolute Gasteiger partial charge is 0.355 e. The minimum Gasteiger partial charge on any atom is -0.355 e. The van der Waals surface area contributed by atoms with E-state index in [4.69, 9.17) is 4.98 Å². The standard InChI is InChI=1S/C17H21N3S/c1-2-4-16-15(3-1)13(12-18-14-5-6-14)11-17(19-16)20-7-9-21-10-8-20/h1-4,11,14,18H,5-10,12H2. The monoisotopic (exact) mass is 299 g/mol. The Morgan fingerprint density at radius 1 is 1.19 bits per heavy atom. The number of thioether (sulfide) groups is 1. The molecule has 1 saturated heterocycles. The summed E-state index contributed by atoms with van der Waals surface area (Å²) in [5.74, 6) is 3.58. The van der Waals surface area contributed by atoms with Gasteiger partial charge in [0.1, 0.15) is 5.82 Å². The highest BCUT2D eigenvalue weighted by atomic mass is 32.2. The molecule has 2 heterocycles. The molecule has 1 saturated carbocycles. The van der Waals surface area contributed by atoms with E-state index in [-0.39, 0.29) is 0 Å². The van der Waals surface area contributed by atoms with Crippen molar-refractivity contribution in [3.8, 4) is 0 Å². The highest BCUT2D eigenvalue weighted by Crippen LogP contribution is 2.26. The Labute approximate surface area is 130 Å². The number of hydrogen-bond acceptors (Lipinski definition) is 4. The summed E-state index contributed by atoms with van der Waals surface area (Å²) in [7, 11) is 0. The highest BCUT2D eigenvalue weighted by Gasteiger charge is 2.21. The molecule has 0 spiro atoms. The lowest BCUT2D eigenvalue weighted by atomic mass is 10.1. The van der Waals surface area contributed by atoms with Crippen LogP contribution >= 0.6 is 11.8 Å². The van der Waals surface area contributed by atoms with E-state index >= 15 is 0 Å². The fourth-order valence-electron chi connectivity index (χ4n) is 2.87. The quantitative estimate of drug-likeness (QED) is 0.939. The first-order valence-electron chi connectivity index (χ1n) is 7.85. The number of anilines is 1. The molecule has 1 aromatic heterocycles. The predicted octanol–water partition coefficient (Wildman–Crippen LogP) is 3.04. The van der Waals surface area contributed by atoms with Crippen LogP contribution < -0.4 is 10.2 Å². The molecule has 21 heavy (non-hydrogen) atoms. The predicted molar refractivity (Wildman–Crippen MR) is 91.1 cm³/mol. The van der Waals surface area contributed by atoms with E-state index in [1.807, 2.05) is 11.8 Å². The lowest BCUT2D eigenvalue weighted by Crippen LogP contribution is -2.33. The SMILES string of the molecule is c1ccc2c(CNC3CC3)cc(N3CCSCC3)nc2c1. The fourth-order valence-corrected chi connectivity index (χ4v) is 3.78. The van der Waals surface area contributed by atoms with Crippen LogP contribution in [0.2, 0.25) is 0 Å². The Bertz CT molecular complexity index is 633. The highest BCUT2D eigenvalue weighted by molar-refractivity contribution is 7.99. The van der Waals surface area contributed by atoms with Gasteiger partial charge in [0.05, 0.1) is 5.52 Å². The van der Waals surface area contributed by atoms with Gasteiger partial charge in [0, 0.05) is 42.6 Å². The molecular weight excluding hydrogens is 278 g/mol. The number of nitrogens with zero attached hydrogens (tertiary/aromatic N) is 2. The number of aromatic nitrogens is 1. The number of benzene rings is 1. The Morgan fingerprint density at radius 2 is 2.00 bits per heavy atom. The first-order valence-corrected chi connectivity index (χ1v) is 9.00. The first kappa shape index (κ1) is 13.4. The smallest absolute Gasteiger partial charge is 0.129 e. The van der Waals surface area contributed by atoms with E-state index in [1.54, 1.807) is 0 Å². The summed E-state index contributed by atoms with van der Waals surface area (Å²) in [5.41, 5.74) is 2.52. The maximum atomic E-state index is 4.89. The Hall–Kier alpha value is -1.26. The summed E-state index contributed by atoms with van der Waals surface area (Å²) in [6.07, 6.45) is 2.67. The van der Waals surface area contributed by atoms with E-state index in [1.165, 1.54) is 35.3 Å². The third kappa shape index (κ3) is 3.01. The van der Waals surface area contributed by atoms with Crippen molar-refractivity contribution in [1.82, 2.24) is 10.3 Å². The van der Waals surface area contributed by atoms with Crippen molar-refractivity contribution in [3.63, 3.8) is 0 Å². The molecule has 4 heteroatoms.